The van der Waals surface area contributed by atoms with Gasteiger partial charge in [-0.25, -0.2) is 0 Å². The molecule has 0 aromatic carbocycles. The number of hydrogen-bond donors (Lipinski definition) is 2. The van der Waals surface area contributed by atoms with Crippen LogP contribution < -0.4 is 5.73 Å². The highest BCUT2D eigenvalue weighted by Crippen LogP contribution is 2.20. The van der Waals surface area contributed by atoms with Gasteiger partial charge in [-0.05, 0) is 19.3 Å². The van der Waals surface area contributed by atoms with Crippen LogP contribution >= 0.6 is 0 Å². The SMILES string of the molecule is CCCC(C)C(=O)N1CCC(C(N)=NO)CC1. The molecule has 0 aromatic rings. The zero-order chi connectivity index (χ0) is 12.8. The lowest BCUT2D eigenvalue weighted by Crippen LogP contribution is -2.43. The molecule has 17 heavy (non-hydrogen) atoms. The number of nitrogens with two attached hydrogens (primary N) is 1. The molecule has 1 rings (SSSR count). The third-order valence-electron chi connectivity index (χ3n) is 3.48. The van der Waals surface area contributed by atoms with Gasteiger partial charge in [-0.2, -0.15) is 0 Å². The third-order valence-corrected chi connectivity index (χ3v) is 3.48. The number of piperidine rings is 1. The van der Waals surface area contributed by atoms with Crippen molar-refractivity contribution in [1.29, 1.82) is 0 Å². The van der Waals surface area contributed by atoms with E-state index in [0.717, 1.165) is 25.7 Å². The van der Waals surface area contributed by atoms with Gasteiger partial charge in [0.15, 0.2) is 0 Å². The van der Waals surface area contributed by atoms with Gasteiger partial charge in [-0.3, -0.25) is 4.79 Å². The number of oxime groups is 1. The molecule has 1 amide bonds. The van der Waals surface area contributed by atoms with E-state index >= 15 is 0 Å². The number of rotatable bonds is 4. The van der Waals surface area contributed by atoms with Crippen LogP contribution in [0.5, 0.6) is 0 Å². The molecule has 5 heteroatoms. The average molecular weight is 241 g/mol. The Bertz CT molecular complexity index is 283. The van der Waals surface area contributed by atoms with Crippen LogP contribution in [0.25, 0.3) is 0 Å². The minimum Gasteiger partial charge on any atom is -0.409 e. The van der Waals surface area contributed by atoms with Crippen molar-refractivity contribution < 1.29 is 10.0 Å². The van der Waals surface area contributed by atoms with Crippen LogP contribution in [0.2, 0.25) is 0 Å². The molecule has 0 saturated carbocycles. The minimum atomic E-state index is 0.111. The largest absolute Gasteiger partial charge is 0.409 e. The molecule has 1 fully saturated rings. The van der Waals surface area contributed by atoms with Crippen molar-refractivity contribution >= 4 is 11.7 Å². The molecule has 0 aromatic heterocycles. The second-order valence-corrected chi connectivity index (χ2v) is 4.81. The van der Waals surface area contributed by atoms with Crippen molar-refractivity contribution in [2.75, 3.05) is 13.1 Å². The molecule has 1 saturated heterocycles. The van der Waals surface area contributed by atoms with Crippen LogP contribution in [0, 0.1) is 11.8 Å². The Morgan fingerprint density at radius 3 is 2.59 bits per heavy atom. The second-order valence-electron chi connectivity index (χ2n) is 4.81. The van der Waals surface area contributed by atoms with Gasteiger partial charge in [0.1, 0.15) is 5.84 Å². The molecule has 1 aliphatic rings. The quantitative estimate of drug-likeness (QED) is 0.338. The molecule has 0 spiro atoms. The van der Waals surface area contributed by atoms with Crippen LogP contribution in [-0.4, -0.2) is 34.9 Å². The lowest BCUT2D eigenvalue weighted by Gasteiger charge is -2.33. The van der Waals surface area contributed by atoms with Gasteiger partial charge in [0, 0.05) is 24.9 Å². The summed E-state index contributed by atoms with van der Waals surface area (Å²) in [7, 11) is 0. The van der Waals surface area contributed by atoms with Gasteiger partial charge in [-0.15, -0.1) is 0 Å². The van der Waals surface area contributed by atoms with Gasteiger partial charge in [0.2, 0.25) is 5.91 Å². The molecule has 0 bridgehead atoms. The van der Waals surface area contributed by atoms with Crippen molar-refractivity contribution in [2.45, 2.75) is 39.5 Å². The predicted octanol–water partition coefficient (Wildman–Crippen LogP) is 1.41. The van der Waals surface area contributed by atoms with E-state index < -0.39 is 0 Å². The Kier molecular flexibility index (Phi) is 5.25. The lowest BCUT2D eigenvalue weighted by molar-refractivity contribution is -0.136. The number of amides is 1. The summed E-state index contributed by atoms with van der Waals surface area (Å²) in [5.74, 6) is 0.759. The van der Waals surface area contributed by atoms with E-state index in [4.69, 9.17) is 10.9 Å². The standard InChI is InChI=1S/C12H23N3O2/c1-3-4-9(2)12(16)15-7-5-10(6-8-15)11(13)14-17/h9-10,17H,3-8H2,1-2H3,(H2,13,14). The van der Waals surface area contributed by atoms with Gasteiger partial charge in [0.25, 0.3) is 0 Å². The fourth-order valence-electron chi connectivity index (χ4n) is 2.35. The topological polar surface area (TPSA) is 78.9 Å². The number of likely N-dealkylation sites (tertiary alicyclic amines) is 1. The first-order valence-electron chi connectivity index (χ1n) is 6.36. The Balaban J connectivity index is 2.44. The molecule has 1 unspecified atom stereocenters. The fourth-order valence-corrected chi connectivity index (χ4v) is 2.35. The normalized spacial score (nSPS) is 20.4. The molecule has 0 radical (unpaired) electrons. The van der Waals surface area contributed by atoms with Crippen LogP contribution in [-0.2, 0) is 4.79 Å². The van der Waals surface area contributed by atoms with E-state index in [1.165, 1.54) is 0 Å². The minimum absolute atomic E-state index is 0.111. The molecule has 1 aliphatic heterocycles. The molecule has 98 valence electrons. The zero-order valence-corrected chi connectivity index (χ0v) is 10.7. The van der Waals surface area contributed by atoms with Crippen molar-refractivity contribution in [3.63, 3.8) is 0 Å². The predicted molar refractivity (Wildman–Crippen MR) is 66.8 cm³/mol. The van der Waals surface area contributed by atoms with E-state index in [-0.39, 0.29) is 17.7 Å². The maximum absolute atomic E-state index is 12.0. The third kappa shape index (κ3) is 3.61. The first-order chi connectivity index (χ1) is 8.10. The molecular formula is C12H23N3O2. The van der Waals surface area contributed by atoms with Crippen LogP contribution in [0.15, 0.2) is 5.16 Å². The monoisotopic (exact) mass is 241 g/mol. The highest BCUT2D eigenvalue weighted by Gasteiger charge is 2.27. The van der Waals surface area contributed by atoms with Gasteiger partial charge in [-0.1, -0.05) is 25.4 Å². The molecule has 3 N–H and O–H groups in total. The van der Waals surface area contributed by atoms with Gasteiger partial charge >= 0.3 is 0 Å². The summed E-state index contributed by atoms with van der Waals surface area (Å²) in [5.41, 5.74) is 5.57. The van der Waals surface area contributed by atoms with Gasteiger partial charge in [0.05, 0.1) is 0 Å². The van der Waals surface area contributed by atoms with E-state index in [1.807, 2.05) is 11.8 Å². The Hall–Kier alpha value is -1.26. The smallest absolute Gasteiger partial charge is 0.225 e. The molecule has 1 heterocycles. The van der Waals surface area contributed by atoms with Crippen molar-refractivity contribution in [1.82, 2.24) is 4.90 Å². The molecule has 1 atom stereocenters. The van der Waals surface area contributed by atoms with Gasteiger partial charge < -0.3 is 15.8 Å². The second kappa shape index (κ2) is 6.47. The summed E-state index contributed by atoms with van der Waals surface area (Å²) in [6, 6.07) is 0. The summed E-state index contributed by atoms with van der Waals surface area (Å²) < 4.78 is 0. The Morgan fingerprint density at radius 1 is 1.53 bits per heavy atom. The summed E-state index contributed by atoms with van der Waals surface area (Å²) in [4.78, 5) is 14.0. The number of carbonyl (C=O) groups is 1. The zero-order valence-electron chi connectivity index (χ0n) is 10.7. The number of hydrogen-bond acceptors (Lipinski definition) is 3. The number of carbonyl (C=O) groups excluding carboxylic acids is 1. The highest BCUT2D eigenvalue weighted by molar-refractivity contribution is 5.83. The van der Waals surface area contributed by atoms with Crippen LogP contribution in [0.4, 0.5) is 0 Å². The summed E-state index contributed by atoms with van der Waals surface area (Å²) in [6.07, 6.45) is 3.56. The maximum Gasteiger partial charge on any atom is 0.225 e. The van der Waals surface area contributed by atoms with Crippen molar-refractivity contribution in [3.8, 4) is 0 Å². The summed E-state index contributed by atoms with van der Waals surface area (Å²) in [6.45, 7) is 5.51. The van der Waals surface area contributed by atoms with Crippen LogP contribution in [0.3, 0.4) is 0 Å². The summed E-state index contributed by atoms with van der Waals surface area (Å²) in [5, 5.41) is 11.6. The van der Waals surface area contributed by atoms with E-state index in [9.17, 15) is 4.79 Å². The highest BCUT2D eigenvalue weighted by atomic mass is 16.4. The Labute approximate surface area is 103 Å². The first kappa shape index (κ1) is 13.8. The van der Waals surface area contributed by atoms with Crippen LogP contribution in [0.1, 0.15) is 39.5 Å². The first-order valence-corrected chi connectivity index (χ1v) is 6.36. The maximum atomic E-state index is 12.0. The Morgan fingerprint density at radius 2 is 2.12 bits per heavy atom. The van der Waals surface area contributed by atoms with Crippen molar-refractivity contribution in [3.05, 3.63) is 0 Å². The number of amidine groups is 1. The molecular weight excluding hydrogens is 218 g/mol. The van der Waals surface area contributed by atoms with E-state index in [0.29, 0.717) is 18.9 Å². The average Bonchev–Trinajstić information content (AvgIpc) is 2.37. The van der Waals surface area contributed by atoms with E-state index in [1.54, 1.807) is 0 Å². The van der Waals surface area contributed by atoms with E-state index in [2.05, 4.69) is 12.1 Å². The fraction of sp³-hybridized carbons (Fsp3) is 0.833. The molecule has 5 nitrogen and oxygen atoms in total. The lowest BCUT2D eigenvalue weighted by atomic mass is 9.94. The van der Waals surface area contributed by atoms with Crippen molar-refractivity contribution in [2.24, 2.45) is 22.7 Å². The number of nitrogens with zero attached hydrogens (tertiary/aromatic N) is 2. The molecule has 0 aliphatic carbocycles. The summed E-state index contributed by atoms with van der Waals surface area (Å²) >= 11 is 0.